The lowest BCUT2D eigenvalue weighted by Gasteiger charge is -2.11. The lowest BCUT2D eigenvalue weighted by Crippen LogP contribution is -2.16. The maximum Gasteiger partial charge on any atom is 0.306 e. The van der Waals surface area contributed by atoms with E-state index in [1.807, 2.05) is 12.1 Å². The van der Waals surface area contributed by atoms with Crippen LogP contribution in [0.15, 0.2) is 24.3 Å². The molecule has 0 spiro atoms. The van der Waals surface area contributed by atoms with Crippen LogP contribution in [0, 0.1) is 5.92 Å². The number of aliphatic hydroxyl groups is 1. The molecule has 0 amide bonds. The van der Waals surface area contributed by atoms with Gasteiger partial charge in [0.25, 0.3) is 0 Å². The van der Waals surface area contributed by atoms with Gasteiger partial charge in [-0.2, -0.15) is 0 Å². The molecule has 0 fully saturated rings. The number of aliphatic hydroxyl groups excluding tert-OH is 1. The highest BCUT2D eigenvalue weighted by Crippen LogP contribution is 2.16. The Hall–Kier alpha value is -1.06. The van der Waals surface area contributed by atoms with E-state index in [9.17, 15) is 4.79 Å². The summed E-state index contributed by atoms with van der Waals surface area (Å²) in [5.41, 5.74) is 0.953. The predicted molar refractivity (Wildman–Crippen MR) is 62.6 cm³/mol. The Balaban J connectivity index is 2.60. The van der Waals surface area contributed by atoms with Crippen molar-refractivity contribution in [3.8, 4) is 0 Å². The molecule has 1 rings (SSSR count). The average Bonchev–Trinajstić information content (AvgIpc) is 2.26. The molecule has 0 saturated heterocycles. The van der Waals surface area contributed by atoms with Crippen LogP contribution in [0.25, 0.3) is 0 Å². The molecule has 1 aromatic rings. The van der Waals surface area contributed by atoms with Crippen molar-refractivity contribution in [1.29, 1.82) is 0 Å². The summed E-state index contributed by atoms with van der Waals surface area (Å²) in [7, 11) is 0. The summed E-state index contributed by atoms with van der Waals surface area (Å²) in [6.45, 7) is 0.0321. The van der Waals surface area contributed by atoms with Crippen molar-refractivity contribution >= 4 is 17.6 Å². The first-order valence-corrected chi connectivity index (χ1v) is 5.59. The number of aliphatic carboxylic acids is 1. The van der Waals surface area contributed by atoms with Gasteiger partial charge in [0, 0.05) is 11.6 Å². The molecule has 16 heavy (non-hydrogen) atoms. The highest BCUT2D eigenvalue weighted by atomic mass is 35.5. The fourth-order valence-electron chi connectivity index (χ4n) is 1.56. The molecule has 0 aliphatic heterocycles. The zero-order valence-electron chi connectivity index (χ0n) is 8.90. The molecule has 0 saturated carbocycles. The van der Waals surface area contributed by atoms with Gasteiger partial charge in [-0.3, -0.25) is 4.79 Å². The van der Waals surface area contributed by atoms with Crippen molar-refractivity contribution in [2.24, 2.45) is 5.92 Å². The van der Waals surface area contributed by atoms with Crippen LogP contribution < -0.4 is 0 Å². The largest absolute Gasteiger partial charge is 0.481 e. The van der Waals surface area contributed by atoms with Gasteiger partial charge in [0.05, 0.1) is 5.92 Å². The molecular formula is C12H15ClO3. The molecule has 0 radical (unpaired) electrons. The number of carboxylic acids is 1. The standard InChI is InChI=1S/C12H15ClO3/c13-11-5-3-9(4-6-11)8-10(12(15)16)2-1-7-14/h3-6,10,14H,1-2,7-8H2,(H,15,16). The third-order valence-corrected chi connectivity index (χ3v) is 2.71. The summed E-state index contributed by atoms with van der Waals surface area (Å²) in [6, 6.07) is 7.16. The van der Waals surface area contributed by atoms with E-state index in [2.05, 4.69) is 0 Å². The van der Waals surface area contributed by atoms with Crippen molar-refractivity contribution in [2.75, 3.05) is 6.61 Å². The van der Waals surface area contributed by atoms with Gasteiger partial charge in [-0.1, -0.05) is 23.7 Å². The van der Waals surface area contributed by atoms with Crippen LogP contribution in [0.4, 0.5) is 0 Å². The Labute approximate surface area is 99.7 Å². The first-order valence-electron chi connectivity index (χ1n) is 5.21. The van der Waals surface area contributed by atoms with Crippen molar-refractivity contribution in [1.82, 2.24) is 0 Å². The first-order chi connectivity index (χ1) is 7.63. The Morgan fingerprint density at radius 1 is 1.31 bits per heavy atom. The molecular weight excluding hydrogens is 228 g/mol. The fourth-order valence-corrected chi connectivity index (χ4v) is 1.68. The molecule has 0 aliphatic rings. The lowest BCUT2D eigenvalue weighted by molar-refractivity contribution is -0.142. The van der Waals surface area contributed by atoms with Gasteiger partial charge in [0.15, 0.2) is 0 Å². The minimum atomic E-state index is -0.816. The Morgan fingerprint density at radius 2 is 1.94 bits per heavy atom. The minimum Gasteiger partial charge on any atom is -0.481 e. The first kappa shape index (κ1) is 13.0. The number of halogens is 1. The molecule has 0 heterocycles. The van der Waals surface area contributed by atoms with E-state index in [1.54, 1.807) is 12.1 Å². The van der Waals surface area contributed by atoms with Crippen molar-refractivity contribution in [3.05, 3.63) is 34.9 Å². The molecule has 1 aromatic carbocycles. The van der Waals surface area contributed by atoms with Gasteiger partial charge in [-0.25, -0.2) is 0 Å². The Bertz CT molecular complexity index is 335. The fraction of sp³-hybridized carbons (Fsp3) is 0.417. The molecule has 0 bridgehead atoms. The molecule has 4 heteroatoms. The molecule has 2 N–H and O–H groups in total. The van der Waals surface area contributed by atoms with E-state index in [1.165, 1.54) is 0 Å². The van der Waals surface area contributed by atoms with E-state index in [0.29, 0.717) is 24.3 Å². The average molecular weight is 243 g/mol. The van der Waals surface area contributed by atoms with Crippen molar-refractivity contribution in [3.63, 3.8) is 0 Å². The second-order valence-electron chi connectivity index (χ2n) is 3.73. The number of carboxylic acid groups (broad SMARTS) is 1. The summed E-state index contributed by atoms with van der Waals surface area (Å²) in [4.78, 5) is 11.0. The third-order valence-electron chi connectivity index (χ3n) is 2.46. The summed E-state index contributed by atoms with van der Waals surface area (Å²) >= 11 is 5.74. The van der Waals surface area contributed by atoms with Gasteiger partial charge >= 0.3 is 5.97 Å². The van der Waals surface area contributed by atoms with Crippen LogP contribution in [0.1, 0.15) is 18.4 Å². The van der Waals surface area contributed by atoms with Gasteiger partial charge in [-0.05, 0) is 37.0 Å². The topological polar surface area (TPSA) is 57.5 Å². The van der Waals surface area contributed by atoms with Gasteiger partial charge in [-0.15, -0.1) is 0 Å². The number of hydrogen-bond donors (Lipinski definition) is 2. The van der Waals surface area contributed by atoms with Gasteiger partial charge in [0.1, 0.15) is 0 Å². The predicted octanol–water partition coefficient (Wildman–Crippen LogP) is 2.36. The van der Waals surface area contributed by atoms with Gasteiger partial charge < -0.3 is 10.2 Å². The van der Waals surface area contributed by atoms with Crippen LogP contribution in [0.2, 0.25) is 5.02 Å². The molecule has 0 aliphatic carbocycles. The highest BCUT2D eigenvalue weighted by Gasteiger charge is 2.17. The minimum absolute atomic E-state index is 0.0321. The second-order valence-corrected chi connectivity index (χ2v) is 4.17. The molecule has 0 aromatic heterocycles. The number of hydrogen-bond acceptors (Lipinski definition) is 2. The maximum atomic E-state index is 11.0. The van der Waals surface area contributed by atoms with Crippen LogP contribution >= 0.6 is 11.6 Å². The molecule has 88 valence electrons. The second kappa shape index (κ2) is 6.51. The molecule has 1 atom stereocenters. The summed E-state index contributed by atoms with van der Waals surface area (Å²) in [6.07, 6.45) is 1.49. The SMILES string of the molecule is O=C(O)C(CCCO)Cc1ccc(Cl)cc1. The van der Waals surface area contributed by atoms with Crippen LogP contribution in [0.5, 0.6) is 0 Å². The van der Waals surface area contributed by atoms with Gasteiger partial charge in [0.2, 0.25) is 0 Å². The lowest BCUT2D eigenvalue weighted by atomic mass is 9.95. The number of rotatable bonds is 6. The molecule has 1 unspecified atom stereocenters. The zero-order chi connectivity index (χ0) is 12.0. The Kier molecular flexibility index (Phi) is 5.29. The smallest absolute Gasteiger partial charge is 0.306 e. The van der Waals surface area contributed by atoms with Crippen LogP contribution in [0.3, 0.4) is 0 Å². The van der Waals surface area contributed by atoms with E-state index < -0.39 is 11.9 Å². The zero-order valence-corrected chi connectivity index (χ0v) is 9.65. The number of carbonyl (C=O) groups is 1. The van der Waals surface area contributed by atoms with Crippen molar-refractivity contribution < 1.29 is 15.0 Å². The summed E-state index contributed by atoms with van der Waals surface area (Å²) in [5, 5.41) is 18.3. The van der Waals surface area contributed by atoms with E-state index in [0.717, 1.165) is 5.56 Å². The maximum absolute atomic E-state index is 11.0. The quantitative estimate of drug-likeness (QED) is 0.805. The van der Waals surface area contributed by atoms with Crippen LogP contribution in [-0.2, 0) is 11.2 Å². The highest BCUT2D eigenvalue weighted by molar-refractivity contribution is 6.30. The van der Waals surface area contributed by atoms with E-state index >= 15 is 0 Å². The van der Waals surface area contributed by atoms with Crippen molar-refractivity contribution in [2.45, 2.75) is 19.3 Å². The van der Waals surface area contributed by atoms with E-state index in [-0.39, 0.29) is 6.61 Å². The normalized spacial score (nSPS) is 12.4. The third kappa shape index (κ3) is 4.21. The summed E-state index contributed by atoms with van der Waals surface area (Å²) in [5.74, 6) is -1.25. The van der Waals surface area contributed by atoms with Crippen LogP contribution in [-0.4, -0.2) is 22.8 Å². The summed E-state index contributed by atoms with van der Waals surface area (Å²) < 4.78 is 0. The molecule has 3 nitrogen and oxygen atoms in total. The monoisotopic (exact) mass is 242 g/mol. The Morgan fingerprint density at radius 3 is 2.44 bits per heavy atom. The van der Waals surface area contributed by atoms with E-state index in [4.69, 9.17) is 21.8 Å². The number of benzene rings is 1.